The summed E-state index contributed by atoms with van der Waals surface area (Å²) in [5.74, 6) is -0.347. The van der Waals surface area contributed by atoms with Gasteiger partial charge >= 0.3 is 0 Å². The van der Waals surface area contributed by atoms with Crippen LogP contribution in [-0.2, 0) is 0 Å². The molecule has 0 radical (unpaired) electrons. The number of hydrogen-bond acceptors (Lipinski definition) is 3. The van der Waals surface area contributed by atoms with E-state index < -0.39 is 0 Å². The van der Waals surface area contributed by atoms with Crippen LogP contribution in [0.3, 0.4) is 0 Å². The molecule has 0 saturated carbocycles. The molecular formula is C15H16FNOS. The minimum absolute atomic E-state index is 0.0398. The molecule has 4 heteroatoms. The van der Waals surface area contributed by atoms with Crippen LogP contribution in [0.4, 0.5) is 10.1 Å². The molecule has 2 nitrogen and oxygen atoms in total. The van der Waals surface area contributed by atoms with Crippen LogP contribution >= 0.6 is 11.3 Å². The summed E-state index contributed by atoms with van der Waals surface area (Å²) in [5, 5.41) is 2.42. The van der Waals surface area contributed by atoms with Gasteiger partial charge in [-0.05, 0) is 44.4 Å². The summed E-state index contributed by atoms with van der Waals surface area (Å²) in [4.78, 5) is 14.7. The highest BCUT2D eigenvalue weighted by Crippen LogP contribution is 2.26. The Morgan fingerprint density at radius 3 is 3.00 bits per heavy atom. The zero-order valence-corrected chi connectivity index (χ0v) is 11.7. The molecule has 1 fully saturated rings. The molecule has 2 aromatic rings. The van der Waals surface area contributed by atoms with Gasteiger partial charge in [-0.1, -0.05) is 0 Å². The minimum atomic E-state index is -0.347. The average Bonchev–Trinajstić information content (AvgIpc) is 2.41. The van der Waals surface area contributed by atoms with Crippen molar-refractivity contribution in [2.75, 3.05) is 11.4 Å². The Labute approximate surface area is 115 Å². The number of rotatable bonds is 1. The molecule has 0 spiro atoms. The zero-order valence-electron chi connectivity index (χ0n) is 10.9. The minimum Gasteiger partial charge on any atom is -0.365 e. The number of halogens is 1. The van der Waals surface area contributed by atoms with Crippen LogP contribution in [0, 0.1) is 5.82 Å². The maximum Gasteiger partial charge on any atom is 0.211 e. The first-order valence-corrected chi connectivity index (χ1v) is 7.52. The van der Waals surface area contributed by atoms with E-state index in [2.05, 4.69) is 11.8 Å². The van der Waals surface area contributed by atoms with Gasteiger partial charge in [0, 0.05) is 28.1 Å². The summed E-state index contributed by atoms with van der Waals surface area (Å²) in [5.41, 5.74) is 0.692. The molecule has 0 unspecified atom stereocenters. The molecule has 1 aromatic heterocycles. The zero-order chi connectivity index (χ0) is 13.4. The number of fused-ring (bicyclic) bond motifs is 1. The van der Waals surface area contributed by atoms with Crippen LogP contribution in [-0.4, -0.2) is 12.6 Å². The first kappa shape index (κ1) is 12.6. The standard InChI is InChI=1S/C15H16FNOS/c1-10-4-2-3-7-17(10)13-9-19-14-6-5-11(16)8-12(14)15(13)18/h5-6,8-10H,2-4,7H2,1H3/t10-/m1/s1. The van der Waals surface area contributed by atoms with E-state index in [0.717, 1.165) is 29.8 Å². The molecule has 0 aliphatic carbocycles. The van der Waals surface area contributed by atoms with E-state index >= 15 is 0 Å². The molecule has 19 heavy (non-hydrogen) atoms. The maximum atomic E-state index is 13.3. The SMILES string of the molecule is C[C@@H]1CCCCN1c1csc2ccc(F)cc2c1=O. The number of anilines is 1. The molecule has 0 N–H and O–H groups in total. The summed E-state index contributed by atoms with van der Waals surface area (Å²) < 4.78 is 14.2. The highest BCUT2D eigenvalue weighted by atomic mass is 32.1. The van der Waals surface area contributed by atoms with Crippen molar-refractivity contribution in [3.05, 3.63) is 39.6 Å². The van der Waals surface area contributed by atoms with Gasteiger partial charge in [-0.15, -0.1) is 11.3 Å². The van der Waals surface area contributed by atoms with Crippen LogP contribution in [0.15, 0.2) is 28.4 Å². The summed E-state index contributed by atoms with van der Waals surface area (Å²) in [6.45, 7) is 3.07. The van der Waals surface area contributed by atoms with Crippen molar-refractivity contribution in [1.29, 1.82) is 0 Å². The van der Waals surface area contributed by atoms with Crippen LogP contribution in [0.5, 0.6) is 0 Å². The summed E-state index contributed by atoms with van der Waals surface area (Å²) >= 11 is 1.51. The average molecular weight is 277 g/mol. The van der Waals surface area contributed by atoms with Gasteiger partial charge in [0.1, 0.15) is 5.82 Å². The van der Waals surface area contributed by atoms with Crippen LogP contribution in [0.25, 0.3) is 10.1 Å². The Morgan fingerprint density at radius 2 is 2.21 bits per heavy atom. The van der Waals surface area contributed by atoms with Crippen molar-refractivity contribution in [2.24, 2.45) is 0 Å². The fourth-order valence-corrected chi connectivity index (χ4v) is 3.65. The Balaban J connectivity index is 2.14. The van der Waals surface area contributed by atoms with Crippen LogP contribution in [0.2, 0.25) is 0 Å². The van der Waals surface area contributed by atoms with Crippen molar-refractivity contribution in [1.82, 2.24) is 0 Å². The van der Waals surface area contributed by atoms with Crippen molar-refractivity contribution >= 4 is 27.1 Å². The van der Waals surface area contributed by atoms with Gasteiger partial charge in [-0.2, -0.15) is 0 Å². The van der Waals surface area contributed by atoms with Gasteiger partial charge in [-0.25, -0.2) is 4.39 Å². The quantitative estimate of drug-likeness (QED) is 0.790. The largest absolute Gasteiger partial charge is 0.365 e. The predicted octanol–water partition coefficient (Wildman–Crippen LogP) is 3.78. The second-order valence-electron chi connectivity index (χ2n) is 5.13. The first-order chi connectivity index (χ1) is 9.16. The van der Waals surface area contributed by atoms with Gasteiger partial charge in [0.2, 0.25) is 5.43 Å². The Kier molecular flexibility index (Phi) is 3.27. The van der Waals surface area contributed by atoms with Crippen molar-refractivity contribution in [3.8, 4) is 0 Å². The van der Waals surface area contributed by atoms with Gasteiger partial charge in [0.15, 0.2) is 0 Å². The lowest BCUT2D eigenvalue weighted by Crippen LogP contribution is -2.39. The molecule has 2 heterocycles. The van der Waals surface area contributed by atoms with E-state index in [0.29, 0.717) is 11.4 Å². The van der Waals surface area contributed by atoms with Crippen molar-refractivity contribution < 1.29 is 4.39 Å². The Bertz CT molecular complexity index is 667. The molecule has 1 saturated heterocycles. The monoisotopic (exact) mass is 277 g/mol. The molecule has 1 aliphatic rings. The molecule has 3 rings (SSSR count). The molecule has 1 aliphatic heterocycles. The molecule has 1 aromatic carbocycles. The summed E-state index contributed by atoms with van der Waals surface area (Å²) in [6.07, 6.45) is 3.46. The molecule has 100 valence electrons. The summed E-state index contributed by atoms with van der Waals surface area (Å²) in [7, 11) is 0. The van der Waals surface area contributed by atoms with E-state index in [1.54, 1.807) is 6.07 Å². The first-order valence-electron chi connectivity index (χ1n) is 6.64. The highest BCUT2D eigenvalue weighted by molar-refractivity contribution is 7.16. The fraction of sp³-hybridized carbons (Fsp3) is 0.400. The molecule has 0 amide bonds. The van der Waals surface area contributed by atoms with Gasteiger partial charge in [-0.3, -0.25) is 4.79 Å². The van der Waals surface area contributed by atoms with E-state index in [1.807, 2.05) is 5.38 Å². The smallest absolute Gasteiger partial charge is 0.211 e. The van der Waals surface area contributed by atoms with Gasteiger partial charge < -0.3 is 4.90 Å². The van der Waals surface area contributed by atoms with Crippen molar-refractivity contribution in [2.45, 2.75) is 32.2 Å². The van der Waals surface area contributed by atoms with E-state index in [-0.39, 0.29) is 11.2 Å². The normalized spacial score (nSPS) is 19.9. The Morgan fingerprint density at radius 1 is 1.37 bits per heavy atom. The van der Waals surface area contributed by atoms with Gasteiger partial charge in [0.05, 0.1) is 5.69 Å². The van der Waals surface area contributed by atoms with Gasteiger partial charge in [0.25, 0.3) is 0 Å². The van der Waals surface area contributed by atoms with E-state index in [4.69, 9.17) is 0 Å². The fourth-order valence-electron chi connectivity index (χ4n) is 2.75. The second-order valence-corrected chi connectivity index (χ2v) is 6.04. The third-order valence-corrected chi connectivity index (χ3v) is 4.78. The lowest BCUT2D eigenvalue weighted by atomic mass is 10.0. The third kappa shape index (κ3) is 2.25. The molecular weight excluding hydrogens is 261 g/mol. The summed E-state index contributed by atoms with van der Waals surface area (Å²) in [6, 6.07) is 4.83. The number of hydrogen-bond donors (Lipinski definition) is 0. The van der Waals surface area contributed by atoms with Crippen molar-refractivity contribution in [3.63, 3.8) is 0 Å². The predicted molar refractivity (Wildman–Crippen MR) is 78.7 cm³/mol. The maximum absolute atomic E-state index is 13.3. The number of nitrogens with zero attached hydrogens (tertiary/aromatic N) is 1. The van der Waals surface area contributed by atoms with E-state index in [9.17, 15) is 9.18 Å². The van der Waals surface area contributed by atoms with Crippen LogP contribution in [0.1, 0.15) is 26.2 Å². The second kappa shape index (κ2) is 4.93. The molecule has 0 bridgehead atoms. The Hall–Kier alpha value is -1.42. The lowest BCUT2D eigenvalue weighted by molar-refractivity contribution is 0.484. The topological polar surface area (TPSA) is 20.3 Å². The van der Waals surface area contributed by atoms with Crippen LogP contribution < -0.4 is 10.3 Å². The number of piperidine rings is 1. The lowest BCUT2D eigenvalue weighted by Gasteiger charge is -2.34. The molecule has 1 atom stereocenters. The highest BCUT2D eigenvalue weighted by Gasteiger charge is 2.21. The van der Waals surface area contributed by atoms with E-state index in [1.165, 1.54) is 29.9 Å². The number of benzene rings is 1. The third-order valence-electron chi connectivity index (χ3n) is 3.83.